The molecule has 0 aliphatic rings. The highest BCUT2D eigenvalue weighted by atomic mass is 19.3. The van der Waals surface area contributed by atoms with E-state index in [1.807, 2.05) is 0 Å². The maximum Gasteiger partial charge on any atom is 0.387 e. The molecule has 0 spiro atoms. The minimum absolute atomic E-state index is 0.00547. The zero-order valence-electron chi connectivity index (χ0n) is 11.8. The molecule has 5 nitrogen and oxygen atoms in total. The molecule has 0 radical (unpaired) electrons. The summed E-state index contributed by atoms with van der Waals surface area (Å²) in [6, 6.07) is 8.94. The monoisotopic (exact) mass is 308 g/mol. The lowest BCUT2D eigenvalue weighted by atomic mass is 10.2. The van der Waals surface area contributed by atoms with E-state index in [2.05, 4.69) is 15.0 Å². The number of carbonyl (C=O) groups excluding carboxylic acids is 1. The van der Waals surface area contributed by atoms with Crippen molar-refractivity contribution in [2.45, 2.75) is 13.2 Å². The molecular weight excluding hydrogens is 294 g/mol. The van der Waals surface area contributed by atoms with E-state index in [0.29, 0.717) is 18.0 Å². The van der Waals surface area contributed by atoms with E-state index in [9.17, 15) is 13.6 Å². The Balaban J connectivity index is 1.91. The fourth-order valence-electron chi connectivity index (χ4n) is 1.71. The number of alkyl halides is 2. The number of amides is 1. The van der Waals surface area contributed by atoms with E-state index >= 15 is 0 Å². The smallest absolute Gasteiger partial charge is 0.387 e. The van der Waals surface area contributed by atoms with E-state index in [4.69, 9.17) is 4.74 Å². The topological polar surface area (TPSA) is 60.5 Å². The highest BCUT2D eigenvalue weighted by molar-refractivity contribution is 5.94. The number of pyridine rings is 1. The van der Waals surface area contributed by atoms with Gasteiger partial charge in [-0.2, -0.15) is 8.78 Å². The van der Waals surface area contributed by atoms with Gasteiger partial charge in [0.15, 0.2) is 0 Å². The maximum atomic E-state index is 12.0. The molecule has 1 aromatic heterocycles. The molecule has 0 bridgehead atoms. The van der Waals surface area contributed by atoms with Crippen molar-refractivity contribution in [3.63, 3.8) is 0 Å². The number of halogens is 2. The molecule has 1 aromatic carbocycles. The summed E-state index contributed by atoms with van der Waals surface area (Å²) >= 11 is 0. The molecule has 1 N–H and O–H groups in total. The number of rotatable bonds is 6. The molecule has 2 rings (SSSR count). The summed E-state index contributed by atoms with van der Waals surface area (Å²) < 4.78 is 33.2. The van der Waals surface area contributed by atoms with Crippen molar-refractivity contribution in [3.05, 3.63) is 53.7 Å². The molecular formula is C15H14F2N2O3. The molecule has 0 aliphatic heterocycles. The Bertz CT molecular complexity index is 616. The van der Waals surface area contributed by atoms with Gasteiger partial charge in [0, 0.05) is 24.4 Å². The number of carbonyl (C=O) groups is 1. The summed E-state index contributed by atoms with van der Waals surface area (Å²) in [6.45, 7) is -2.59. The second-order valence-corrected chi connectivity index (χ2v) is 4.29. The molecule has 1 amide bonds. The molecule has 0 fully saturated rings. The minimum Gasteiger partial charge on any atom is -0.481 e. The second kappa shape index (κ2) is 7.35. The number of methoxy groups -OCH3 is 1. The van der Waals surface area contributed by atoms with E-state index in [0.717, 1.165) is 5.56 Å². The number of hydrogen-bond acceptors (Lipinski definition) is 4. The third kappa shape index (κ3) is 4.41. The van der Waals surface area contributed by atoms with Crippen LogP contribution in [0.5, 0.6) is 11.6 Å². The largest absolute Gasteiger partial charge is 0.481 e. The fraction of sp³-hybridized carbons (Fsp3) is 0.200. The van der Waals surface area contributed by atoms with Gasteiger partial charge in [0.25, 0.3) is 5.91 Å². The first-order chi connectivity index (χ1) is 10.6. The summed E-state index contributed by atoms with van der Waals surface area (Å²) in [5.41, 5.74) is 1.16. The van der Waals surface area contributed by atoms with Crippen molar-refractivity contribution in [1.82, 2.24) is 10.3 Å². The highest BCUT2D eigenvalue weighted by Gasteiger charge is 2.08. The van der Waals surface area contributed by atoms with Crippen molar-refractivity contribution in [1.29, 1.82) is 0 Å². The first-order valence-electron chi connectivity index (χ1n) is 6.40. The summed E-state index contributed by atoms with van der Waals surface area (Å²) in [7, 11) is 1.52. The van der Waals surface area contributed by atoms with E-state index < -0.39 is 6.61 Å². The van der Waals surface area contributed by atoms with Crippen LogP contribution >= 0.6 is 0 Å². The Morgan fingerprint density at radius 2 is 1.95 bits per heavy atom. The van der Waals surface area contributed by atoms with Crippen LogP contribution in [-0.4, -0.2) is 24.6 Å². The number of nitrogens with one attached hydrogen (secondary N) is 1. The second-order valence-electron chi connectivity index (χ2n) is 4.29. The van der Waals surface area contributed by atoms with Crippen LogP contribution in [0.1, 0.15) is 15.9 Å². The van der Waals surface area contributed by atoms with E-state index in [-0.39, 0.29) is 11.7 Å². The molecule has 2 aromatic rings. The van der Waals surface area contributed by atoms with Crippen LogP contribution in [0.2, 0.25) is 0 Å². The molecule has 0 unspecified atom stereocenters. The normalized spacial score (nSPS) is 10.4. The van der Waals surface area contributed by atoms with Crippen LogP contribution in [0.4, 0.5) is 8.78 Å². The Morgan fingerprint density at radius 1 is 1.23 bits per heavy atom. The van der Waals surface area contributed by atoms with Crippen molar-refractivity contribution >= 4 is 5.91 Å². The third-order valence-electron chi connectivity index (χ3n) is 2.80. The Kier molecular flexibility index (Phi) is 5.24. The Labute approximate surface area is 125 Å². The number of nitrogens with zero attached hydrogens (tertiary/aromatic N) is 1. The van der Waals surface area contributed by atoms with Crippen molar-refractivity contribution in [3.8, 4) is 11.6 Å². The van der Waals surface area contributed by atoms with Gasteiger partial charge >= 0.3 is 6.61 Å². The quantitative estimate of drug-likeness (QED) is 0.891. The SMILES string of the molecule is COc1ccc(CNC(=O)c2ccc(OC(F)F)cc2)cn1. The van der Waals surface area contributed by atoms with E-state index in [1.54, 1.807) is 18.3 Å². The predicted molar refractivity (Wildman–Crippen MR) is 75.0 cm³/mol. The van der Waals surface area contributed by atoms with Crippen LogP contribution in [-0.2, 0) is 6.54 Å². The molecule has 7 heteroatoms. The molecule has 22 heavy (non-hydrogen) atoms. The predicted octanol–water partition coefficient (Wildman–Crippen LogP) is 2.62. The first-order valence-corrected chi connectivity index (χ1v) is 6.40. The van der Waals surface area contributed by atoms with Gasteiger partial charge in [-0.15, -0.1) is 0 Å². The standard InChI is InChI=1S/C15H14F2N2O3/c1-21-13-7-2-10(8-18-13)9-19-14(20)11-3-5-12(6-4-11)22-15(16)17/h2-8,15H,9H2,1H3,(H,19,20). The van der Waals surface area contributed by atoms with Crippen molar-refractivity contribution < 1.29 is 23.0 Å². The van der Waals surface area contributed by atoms with Gasteiger partial charge in [0.1, 0.15) is 5.75 Å². The summed E-state index contributed by atoms with van der Waals surface area (Å²) in [4.78, 5) is 16.0. The summed E-state index contributed by atoms with van der Waals surface area (Å²) in [5, 5.41) is 2.70. The van der Waals surface area contributed by atoms with Gasteiger partial charge in [-0.1, -0.05) is 6.07 Å². The van der Waals surface area contributed by atoms with Crippen LogP contribution in [0, 0.1) is 0 Å². The molecule has 0 saturated heterocycles. The van der Waals surface area contributed by atoms with Gasteiger partial charge in [0.05, 0.1) is 7.11 Å². The average Bonchev–Trinajstić information content (AvgIpc) is 2.53. The Morgan fingerprint density at radius 3 is 2.50 bits per heavy atom. The summed E-state index contributed by atoms with van der Waals surface area (Å²) in [5.74, 6) is 0.176. The van der Waals surface area contributed by atoms with Crippen LogP contribution in [0.25, 0.3) is 0 Å². The highest BCUT2D eigenvalue weighted by Crippen LogP contribution is 2.15. The first kappa shape index (κ1) is 15.7. The van der Waals surface area contributed by atoms with E-state index in [1.165, 1.54) is 31.4 Å². The molecule has 1 heterocycles. The van der Waals surface area contributed by atoms with Gasteiger partial charge in [-0.05, 0) is 29.8 Å². The van der Waals surface area contributed by atoms with Gasteiger partial charge in [0.2, 0.25) is 5.88 Å². The average molecular weight is 308 g/mol. The third-order valence-corrected chi connectivity index (χ3v) is 2.80. The van der Waals surface area contributed by atoms with Crippen LogP contribution in [0.15, 0.2) is 42.6 Å². The van der Waals surface area contributed by atoms with Gasteiger partial charge in [-0.25, -0.2) is 4.98 Å². The zero-order valence-corrected chi connectivity index (χ0v) is 11.8. The molecule has 116 valence electrons. The number of benzene rings is 1. The van der Waals surface area contributed by atoms with Crippen LogP contribution < -0.4 is 14.8 Å². The molecule has 0 saturated carbocycles. The minimum atomic E-state index is -2.89. The fourth-order valence-corrected chi connectivity index (χ4v) is 1.71. The van der Waals surface area contributed by atoms with Crippen molar-refractivity contribution in [2.75, 3.05) is 7.11 Å². The molecule has 0 atom stereocenters. The number of ether oxygens (including phenoxy) is 2. The summed E-state index contributed by atoms with van der Waals surface area (Å²) in [6.07, 6.45) is 1.60. The van der Waals surface area contributed by atoms with Crippen LogP contribution in [0.3, 0.4) is 0 Å². The van der Waals surface area contributed by atoms with Gasteiger partial charge < -0.3 is 14.8 Å². The Hall–Kier alpha value is -2.70. The lowest BCUT2D eigenvalue weighted by molar-refractivity contribution is -0.0498. The maximum absolute atomic E-state index is 12.0. The lowest BCUT2D eigenvalue weighted by Gasteiger charge is -2.07. The lowest BCUT2D eigenvalue weighted by Crippen LogP contribution is -2.22. The number of aromatic nitrogens is 1. The number of hydrogen-bond donors (Lipinski definition) is 1. The molecule has 0 aliphatic carbocycles. The van der Waals surface area contributed by atoms with Crippen molar-refractivity contribution in [2.24, 2.45) is 0 Å². The van der Waals surface area contributed by atoms with Gasteiger partial charge in [-0.3, -0.25) is 4.79 Å². The zero-order chi connectivity index (χ0) is 15.9.